The molecule has 0 rings (SSSR count). The van der Waals surface area contributed by atoms with E-state index < -0.39 is 97.5 Å². The number of phosphoric ester groups is 2. The molecule has 0 bridgehead atoms. The van der Waals surface area contributed by atoms with Gasteiger partial charge in [-0.25, -0.2) is 9.13 Å². The van der Waals surface area contributed by atoms with Crippen molar-refractivity contribution in [3.63, 3.8) is 0 Å². The number of hydrogen-bond donors (Lipinski definition) is 3. The average molecular weight is 1370 g/mol. The molecule has 0 heterocycles. The number of unbranched alkanes of at least 4 members (excludes halogenated alkanes) is 39. The maximum absolute atomic E-state index is 13.1. The fourth-order valence-electron chi connectivity index (χ4n) is 11.2. The van der Waals surface area contributed by atoms with Crippen LogP contribution in [-0.4, -0.2) is 96.7 Å². The molecule has 3 N–H and O–H groups in total. The predicted octanol–water partition coefficient (Wildman–Crippen LogP) is 21.4. The molecule has 93 heavy (non-hydrogen) atoms. The summed E-state index contributed by atoms with van der Waals surface area (Å²) in [7, 11) is -9.91. The Bertz CT molecular complexity index is 1820. The Morgan fingerprint density at radius 1 is 0.312 bits per heavy atom. The number of hydrogen-bond acceptors (Lipinski definition) is 15. The van der Waals surface area contributed by atoms with Crippen molar-refractivity contribution in [3.8, 4) is 0 Å². The van der Waals surface area contributed by atoms with Crippen molar-refractivity contribution >= 4 is 39.5 Å². The first-order chi connectivity index (χ1) is 44.8. The summed E-state index contributed by atoms with van der Waals surface area (Å²) < 4.78 is 68.4. The minimum atomic E-state index is -4.96. The molecular formula is C74H144O17P2. The second-order valence-corrected chi connectivity index (χ2v) is 30.8. The van der Waals surface area contributed by atoms with Crippen LogP contribution in [-0.2, 0) is 65.4 Å². The van der Waals surface area contributed by atoms with Crippen molar-refractivity contribution in [1.82, 2.24) is 0 Å². The molecule has 3 unspecified atom stereocenters. The van der Waals surface area contributed by atoms with Crippen LogP contribution in [0.15, 0.2) is 0 Å². The van der Waals surface area contributed by atoms with Crippen LogP contribution in [0.3, 0.4) is 0 Å². The first-order valence-corrected chi connectivity index (χ1v) is 41.4. The van der Waals surface area contributed by atoms with Gasteiger partial charge in [-0.3, -0.25) is 37.3 Å². The van der Waals surface area contributed by atoms with E-state index in [0.717, 1.165) is 114 Å². The normalized spacial score (nSPS) is 14.4. The summed E-state index contributed by atoms with van der Waals surface area (Å²) >= 11 is 0. The monoisotopic (exact) mass is 1370 g/mol. The lowest BCUT2D eigenvalue weighted by molar-refractivity contribution is -0.161. The van der Waals surface area contributed by atoms with Crippen molar-refractivity contribution in [1.29, 1.82) is 0 Å². The van der Waals surface area contributed by atoms with Gasteiger partial charge < -0.3 is 33.8 Å². The van der Waals surface area contributed by atoms with Gasteiger partial charge in [0.1, 0.15) is 19.3 Å². The minimum Gasteiger partial charge on any atom is -0.462 e. The number of phosphoric acid groups is 2. The number of carbonyl (C=O) groups is 4. The second-order valence-electron chi connectivity index (χ2n) is 27.9. The Balaban J connectivity index is 5.24. The van der Waals surface area contributed by atoms with Crippen LogP contribution in [0.5, 0.6) is 0 Å². The molecule has 0 saturated carbocycles. The van der Waals surface area contributed by atoms with Crippen LogP contribution >= 0.6 is 15.6 Å². The summed E-state index contributed by atoms with van der Waals surface area (Å²) in [5.41, 5.74) is 0. The predicted molar refractivity (Wildman–Crippen MR) is 377 cm³/mol. The number of ether oxygens (including phenoxy) is 4. The molecule has 19 heteroatoms. The summed E-state index contributed by atoms with van der Waals surface area (Å²) in [5, 5.41) is 10.6. The fraction of sp³-hybridized carbons (Fsp3) is 0.946. The third kappa shape index (κ3) is 67.0. The van der Waals surface area contributed by atoms with Crippen LogP contribution in [0, 0.1) is 17.8 Å². The smallest absolute Gasteiger partial charge is 0.462 e. The molecule has 0 saturated heterocycles. The highest BCUT2D eigenvalue weighted by Crippen LogP contribution is 2.45. The van der Waals surface area contributed by atoms with Crippen molar-refractivity contribution in [2.24, 2.45) is 17.8 Å². The second kappa shape index (κ2) is 64.7. The zero-order valence-corrected chi connectivity index (χ0v) is 62.5. The Morgan fingerprint density at radius 3 is 0.817 bits per heavy atom. The molecule has 552 valence electrons. The van der Waals surface area contributed by atoms with Gasteiger partial charge in [-0.2, -0.15) is 0 Å². The van der Waals surface area contributed by atoms with E-state index in [4.69, 9.17) is 37.0 Å². The molecule has 17 nitrogen and oxygen atoms in total. The summed E-state index contributed by atoms with van der Waals surface area (Å²) in [6.45, 7) is 11.9. The van der Waals surface area contributed by atoms with Crippen molar-refractivity contribution < 1.29 is 80.2 Å². The Labute approximate surface area is 568 Å². The summed E-state index contributed by atoms with van der Waals surface area (Å²) in [6, 6.07) is 0. The maximum Gasteiger partial charge on any atom is 0.472 e. The lowest BCUT2D eigenvalue weighted by Crippen LogP contribution is -2.30. The van der Waals surface area contributed by atoms with Gasteiger partial charge in [0.15, 0.2) is 12.2 Å². The Kier molecular flexibility index (Phi) is 63.4. The fourth-order valence-corrected chi connectivity index (χ4v) is 12.8. The molecule has 0 aromatic heterocycles. The van der Waals surface area contributed by atoms with Crippen LogP contribution in [0.25, 0.3) is 0 Å². The molecule has 0 spiro atoms. The van der Waals surface area contributed by atoms with E-state index >= 15 is 0 Å². The van der Waals surface area contributed by atoms with Crippen LogP contribution < -0.4 is 0 Å². The maximum atomic E-state index is 13.1. The third-order valence-corrected chi connectivity index (χ3v) is 19.4. The highest BCUT2D eigenvalue weighted by atomic mass is 31.2. The first kappa shape index (κ1) is 91.1. The standard InChI is InChI=1S/C74H144O17P2/c1-8-10-11-12-13-14-15-22-29-34-43-50-57-73(78)91-70(62-85-72(77)56-49-42-37-36-40-47-54-67(7)9-2)64-89-93(82,83)87-60-68(75)59-86-92(80,81)88-63-69(61-84-71(76)55-48-41-33-28-25-24-27-32-39-46-53-66(5)6)90-74(79)58-51-44-35-30-23-20-18-16-17-19-21-26-31-38-45-52-65(3)4/h65-70,75H,8-64H2,1-7H3,(H,80,81)(H,82,83)/t67?,68-,69-,70-/m1/s1. The van der Waals surface area contributed by atoms with E-state index in [1.54, 1.807) is 0 Å². The number of aliphatic hydroxyl groups excluding tert-OH is 1. The highest BCUT2D eigenvalue weighted by Gasteiger charge is 2.30. The SMILES string of the molecule is CCCCCCCCCCCCCCC(=O)O[C@H](COC(=O)CCCCCCCCC(C)CC)COP(=O)(O)OC[C@H](O)COP(=O)(O)OC[C@@H](COC(=O)CCCCCCCCCCCCC(C)C)OC(=O)CCCCCCCCCCCCCCCCCC(C)C. The third-order valence-electron chi connectivity index (χ3n) is 17.5. The topological polar surface area (TPSA) is 237 Å². The van der Waals surface area contributed by atoms with E-state index in [2.05, 4.69) is 48.5 Å². The van der Waals surface area contributed by atoms with Gasteiger partial charge in [-0.1, -0.05) is 325 Å². The molecule has 0 amide bonds. The number of rotatable bonds is 72. The number of esters is 4. The molecule has 0 fully saturated rings. The average Bonchev–Trinajstić information content (AvgIpc) is 1.84. The summed E-state index contributed by atoms with van der Waals surface area (Å²) in [5.74, 6) is 0.172. The molecular weight excluding hydrogens is 1220 g/mol. The highest BCUT2D eigenvalue weighted by molar-refractivity contribution is 7.47. The molecule has 6 atom stereocenters. The first-order valence-electron chi connectivity index (χ1n) is 38.4. The molecule has 0 aliphatic carbocycles. The van der Waals surface area contributed by atoms with Crippen LogP contribution in [0.2, 0.25) is 0 Å². The number of carbonyl (C=O) groups excluding carboxylic acids is 4. The number of aliphatic hydroxyl groups is 1. The molecule has 0 aromatic carbocycles. The molecule has 0 aliphatic heterocycles. The lowest BCUT2D eigenvalue weighted by atomic mass is 10.00. The van der Waals surface area contributed by atoms with Crippen molar-refractivity contribution in [2.45, 2.75) is 394 Å². The van der Waals surface area contributed by atoms with Gasteiger partial charge in [-0.15, -0.1) is 0 Å². The molecule has 0 aliphatic rings. The van der Waals surface area contributed by atoms with Crippen LogP contribution in [0.1, 0.15) is 376 Å². The van der Waals surface area contributed by atoms with Crippen molar-refractivity contribution in [2.75, 3.05) is 39.6 Å². The molecule has 0 aromatic rings. The lowest BCUT2D eigenvalue weighted by Gasteiger charge is -2.21. The Morgan fingerprint density at radius 2 is 0.548 bits per heavy atom. The van der Waals surface area contributed by atoms with E-state index in [1.165, 1.54) is 180 Å². The quantitative estimate of drug-likeness (QED) is 0.0222. The van der Waals surface area contributed by atoms with Gasteiger partial charge in [0, 0.05) is 25.7 Å². The Hall–Kier alpha value is -1.94. The summed E-state index contributed by atoms with van der Waals surface area (Å²) in [4.78, 5) is 72.7. The van der Waals surface area contributed by atoms with Gasteiger partial charge in [0.2, 0.25) is 0 Å². The van der Waals surface area contributed by atoms with Crippen molar-refractivity contribution in [3.05, 3.63) is 0 Å². The minimum absolute atomic E-state index is 0.106. The van der Waals surface area contributed by atoms with Gasteiger partial charge in [-0.05, 0) is 43.4 Å². The largest absolute Gasteiger partial charge is 0.472 e. The zero-order chi connectivity index (χ0) is 68.7. The zero-order valence-electron chi connectivity index (χ0n) is 60.7. The summed E-state index contributed by atoms with van der Waals surface area (Å²) in [6.07, 6.45) is 49.9. The van der Waals surface area contributed by atoms with Gasteiger partial charge >= 0.3 is 39.5 Å². The van der Waals surface area contributed by atoms with Crippen LogP contribution in [0.4, 0.5) is 0 Å². The van der Waals surface area contributed by atoms with Gasteiger partial charge in [0.05, 0.1) is 26.4 Å². The van der Waals surface area contributed by atoms with E-state index in [9.17, 15) is 43.2 Å². The van der Waals surface area contributed by atoms with E-state index in [1.807, 2.05) is 0 Å². The van der Waals surface area contributed by atoms with E-state index in [-0.39, 0.29) is 25.7 Å². The van der Waals surface area contributed by atoms with Gasteiger partial charge in [0.25, 0.3) is 0 Å². The molecule has 0 radical (unpaired) electrons. The van der Waals surface area contributed by atoms with E-state index in [0.29, 0.717) is 25.7 Å².